The summed E-state index contributed by atoms with van der Waals surface area (Å²) in [6.45, 7) is 16.1. The second-order valence-corrected chi connectivity index (χ2v) is 6.29. The number of guanidine groups is 1. The Bertz CT molecular complexity index is 316. The summed E-state index contributed by atoms with van der Waals surface area (Å²) in [5.41, 5.74) is 0. The van der Waals surface area contributed by atoms with Crippen molar-refractivity contribution in [3.63, 3.8) is 0 Å². The highest BCUT2D eigenvalue weighted by Gasteiger charge is 2.06. The van der Waals surface area contributed by atoms with Crippen LogP contribution in [0.4, 0.5) is 0 Å². The molecule has 0 aromatic carbocycles. The summed E-state index contributed by atoms with van der Waals surface area (Å²) < 4.78 is 10.4. The Morgan fingerprint density at radius 1 is 1.04 bits per heavy atom. The third-order valence-electron chi connectivity index (χ3n) is 4.13. The van der Waals surface area contributed by atoms with Gasteiger partial charge in [0, 0.05) is 32.8 Å². The first kappa shape index (κ1) is 28.1. The second kappa shape index (κ2) is 21.2. The summed E-state index contributed by atoms with van der Waals surface area (Å²) in [6, 6.07) is 0.436. The molecule has 0 aromatic rings. The van der Waals surface area contributed by atoms with Crippen molar-refractivity contribution in [1.82, 2.24) is 15.5 Å². The van der Waals surface area contributed by atoms with E-state index in [0.29, 0.717) is 19.3 Å². The molecular weight excluding hydrogens is 443 g/mol. The molecule has 7 heteroatoms. The Kier molecular flexibility index (Phi) is 22.9. The van der Waals surface area contributed by atoms with Crippen LogP contribution in [0.1, 0.15) is 53.4 Å². The monoisotopic (exact) mass is 486 g/mol. The molecular formula is C19H43IN4O2. The number of unbranched alkanes of at least 4 members (excludes halogenated alkanes) is 1. The molecule has 0 aliphatic carbocycles. The van der Waals surface area contributed by atoms with E-state index in [2.05, 4.69) is 48.2 Å². The molecule has 0 bridgehead atoms. The number of ether oxygens (including phenoxy) is 2. The van der Waals surface area contributed by atoms with Crippen molar-refractivity contribution in [3.8, 4) is 0 Å². The topological polar surface area (TPSA) is 58.1 Å². The zero-order chi connectivity index (χ0) is 18.8. The van der Waals surface area contributed by atoms with Crippen molar-refractivity contribution >= 4 is 29.9 Å². The summed E-state index contributed by atoms with van der Waals surface area (Å²) in [4.78, 5) is 7.14. The van der Waals surface area contributed by atoms with Crippen molar-refractivity contribution in [3.05, 3.63) is 0 Å². The van der Waals surface area contributed by atoms with E-state index < -0.39 is 0 Å². The van der Waals surface area contributed by atoms with Gasteiger partial charge in [-0.25, -0.2) is 0 Å². The predicted octanol–water partition coefficient (Wildman–Crippen LogP) is 3.11. The lowest BCUT2D eigenvalue weighted by Crippen LogP contribution is -2.42. The molecule has 0 spiro atoms. The highest BCUT2D eigenvalue weighted by atomic mass is 127. The number of rotatable bonds is 16. The van der Waals surface area contributed by atoms with Crippen LogP contribution in [0.15, 0.2) is 4.99 Å². The number of halogens is 1. The van der Waals surface area contributed by atoms with E-state index >= 15 is 0 Å². The Labute approximate surface area is 178 Å². The average Bonchev–Trinajstić information content (AvgIpc) is 2.61. The van der Waals surface area contributed by atoms with Crippen LogP contribution in [-0.4, -0.2) is 76.6 Å². The van der Waals surface area contributed by atoms with E-state index in [4.69, 9.17) is 9.47 Å². The van der Waals surface area contributed by atoms with Gasteiger partial charge in [0.1, 0.15) is 0 Å². The van der Waals surface area contributed by atoms with Gasteiger partial charge in [-0.05, 0) is 59.2 Å². The largest absolute Gasteiger partial charge is 0.382 e. The highest BCUT2D eigenvalue weighted by Crippen LogP contribution is 2.00. The molecule has 2 N–H and O–H groups in total. The first-order chi connectivity index (χ1) is 12.2. The number of aliphatic imine (C=N–C) groups is 1. The van der Waals surface area contributed by atoms with Gasteiger partial charge in [0.05, 0.1) is 13.2 Å². The summed E-state index contributed by atoms with van der Waals surface area (Å²) in [5, 5.41) is 6.85. The van der Waals surface area contributed by atoms with Gasteiger partial charge in [-0.3, -0.25) is 4.99 Å². The molecule has 6 nitrogen and oxygen atoms in total. The first-order valence-corrected chi connectivity index (χ1v) is 10.0. The molecule has 1 unspecified atom stereocenters. The minimum Gasteiger partial charge on any atom is -0.382 e. The van der Waals surface area contributed by atoms with Crippen LogP contribution in [-0.2, 0) is 9.47 Å². The Balaban J connectivity index is 0. The van der Waals surface area contributed by atoms with Crippen molar-refractivity contribution < 1.29 is 9.47 Å². The van der Waals surface area contributed by atoms with E-state index in [-0.39, 0.29) is 24.0 Å². The summed E-state index contributed by atoms with van der Waals surface area (Å²) in [6.07, 6.45) is 4.45. The molecule has 1 atom stereocenters. The first-order valence-electron chi connectivity index (χ1n) is 10.0. The molecule has 0 aliphatic rings. The van der Waals surface area contributed by atoms with Gasteiger partial charge < -0.3 is 25.0 Å². The molecule has 0 rings (SSSR count). The Morgan fingerprint density at radius 3 is 2.38 bits per heavy atom. The molecule has 0 saturated carbocycles. The van der Waals surface area contributed by atoms with Crippen molar-refractivity contribution in [2.24, 2.45) is 4.99 Å². The Morgan fingerprint density at radius 2 is 1.77 bits per heavy atom. The third kappa shape index (κ3) is 17.3. The van der Waals surface area contributed by atoms with Gasteiger partial charge in [-0.2, -0.15) is 0 Å². The minimum atomic E-state index is 0. The molecule has 0 aliphatic heterocycles. The molecule has 0 amide bonds. The molecule has 158 valence electrons. The van der Waals surface area contributed by atoms with E-state index in [1.807, 2.05) is 0 Å². The molecule has 0 saturated heterocycles. The minimum absolute atomic E-state index is 0. The van der Waals surface area contributed by atoms with E-state index in [0.717, 1.165) is 58.0 Å². The molecule has 26 heavy (non-hydrogen) atoms. The smallest absolute Gasteiger partial charge is 0.191 e. The maximum absolute atomic E-state index is 5.47. The standard InChI is InChI=1S/C19H42N4O2.HI/c1-6-20-19(21-13-9-10-15-25-17-16-24-5)22-18(4)12-11-14-23(7-2)8-3;/h18H,6-17H2,1-5H3,(H2,20,21,22);1H. The summed E-state index contributed by atoms with van der Waals surface area (Å²) in [7, 11) is 1.69. The van der Waals surface area contributed by atoms with E-state index in [1.165, 1.54) is 13.0 Å². The quantitative estimate of drug-likeness (QED) is 0.152. The number of methoxy groups -OCH3 is 1. The maximum Gasteiger partial charge on any atom is 0.191 e. The van der Waals surface area contributed by atoms with Gasteiger partial charge in [0.2, 0.25) is 0 Å². The predicted molar refractivity (Wildman–Crippen MR) is 123 cm³/mol. The number of nitrogens with zero attached hydrogens (tertiary/aromatic N) is 2. The maximum atomic E-state index is 5.47. The second-order valence-electron chi connectivity index (χ2n) is 6.29. The average molecular weight is 486 g/mol. The van der Waals surface area contributed by atoms with Crippen molar-refractivity contribution in [1.29, 1.82) is 0 Å². The molecule has 0 radical (unpaired) electrons. The van der Waals surface area contributed by atoms with Crippen LogP contribution in [0.5, 0.6) is 0 Å². The lowest BCUT2D eigenvalue weighted by molar-refractivity contribution is 0.0690. The van der Waals surface area contributed by atoms with Crippen LogP contribution >= 0.6 is 24.0 Å². The van der Waals surface area contributed by atoms with E-state index in [9.17, 15) is 0 Å². The van der Waals surface area contributed by atoms with Crippen molar-refractivity contribution in [2.45, 2.75) is 59.4 Å². The lowest BCUT2D eigenvalue weighted by Gasteiger charge is -2.21. The van der Waals surface area contributed by atoms with Crippen LogP contribution in [0, 0.1) is 0 Å². The fourth-order valence-corrected chi connectivity index (χ4v) is 2.54. The fraction of sp³-hybridized carbons (Fsp3) is 0.947. The van der Waals surface area contributed by atoms with Gasteiger partial charge in [-0.1, -0.05) is 13.8 Å². The number of hydrogen-bond donors (Lipinski definition) is 2. The molecule has 0 fully saturated rings. The molecule has 0 heterocycles. The van der Waals surface area contributed by atoms with Gasteiger partial charge >= 0.3 is 0 Å². The van der Waals surface area contributed by atoms with Crippen LogP contribution < -0.4 is 10.6 Å². The Hall–Kier alpha value is -0.120. The normalized spacial score (nSPS) is 12.8. The van der Waals surface area contributed by atoms with Gasteiger partial charge in [0.15, 0.2) is 5.96 Å². The number of nitrogens with one attached hydrogen (secondary N) is 2. The van der Waals surface area contributed by atoms with Crippen LogP contribution in [0.3, 0.4) is 0 Å². The lowest BCUT2D eigenvalue weighted by atomic mass is 10.2. The summed E-state index contributed by atoms with van der Waals surface area (Å²) in [5.74, 6) is 0.929. The SMILES string of the molecule is CCNC(=NCCCCOCCOC)NC(C)CCCN(CC)CC.I. The van der Waals surface area contributed by atoms with Crippen LogP contribution in [0.25, 0.3) is 0 Å². The fourth-order valence-electron chi connectivity index (χ4n) is 2.54. The zero-order valence-electron chi connectivity index (χ0n) is 17.7. The molecule has 0 aromatic heterocycles. The highest BCUT2D eigenvalue weighted by molar-refractivity contribution is 14.0. The zero-order valence-corrected chi connectivity index (χ0v) is 20.0. The summed E-state index contributed by atoms with van der Waals surface area (Å²) >= 11 is 0. The van der Waals surface area contributed by atoms with Gasteiger partial charge in [0.25, 0.3) is 0 Å². The van der Waals surface area contributed by atoms with E-state index in [1.54, 1.807) is 7.11 Å². The third-order valence-corrected chi connectivity index (χ3v) is 4.13. The number of hydrogen-bond acceptors (Lipinski definition) is 4. The van der Waals surface area contributed by atoms with Crippen LogP contribution in [0.2, 0.25) is 0 Å². The van der Waals surface area contributed by atoms with Gasteiger partial charge in [-0.15, -0.1) is 24.0 Å². The van der Waals surface area contributed by atoms with Crippen molar-refractivity contribution in [2.75, 3.05) is 59.7 Å².